The first-order chi connectivity index (χ1) is 7.34. The third-order valence-electron chi connectivity index (χ3n) is 3.57. The molecule has 4 heteroatoms. The number of halogens is 1. The van der Waals surface area contributed by atoms with E-state index in [0.717, 1.165) is 22.3 Å². The fraction of sp³-hybridized carbons (Fsp3) is 0.636. The molecule has 2 fully saturated rings. The molecule has 0 spiro atoms. The third-order valence-corrected chi connectivity index (χ3v) is 3.98. The summed E-state index contributed by atoms with van der Waals surface area (Å²) in [6, 6.07) is 0.647. The lowest BCUT2D eigenvalue weighted by Gasteiger charge is -2.04. The van der Waals surface area contributed by atoms with E-state index in [2.05, 4.69) is 31.2 Å². The van der Waals surface area contributed by atoms with Crippen molar-refractivity contribution < 1.29 is 0 Å². The van der Waals surface area contributed by atoms with Gasteiger partial charge in [0, 0.05) is 18.4 Å². The van der Waals surface area contributed by atoms with Crippen LogP contribution in [0.25, 0.3) is 0 Å². The monoisotopic (exact) mass is 267 g/mol. The Morgan fingerprint density at radius 1 is 1.13 bits per heavy atom. The molecule has 0 bridgehead atoms. The molecular formula is C11H14BrN3. The molecule has 1 aromatic rings. The van der Waals surface area contributed by atoms with Gasteiger partial charge in [0.05, 0.1) is 4.47 Å². The van der Waals surface area contributed by atoms with E-state index in [9.17, 15) is 0 Å². The zero-order chi connectivity index (χ0) is 10.3. The maximum absolute atomic E-state index is 4.25. The molecule has 3 rings (SSSR count). The highest BCUT2D eigenvalue weighted by Crippen LogP contribution is 2.50. The molecule has 2 aliphatic rings. The number of nitrogens with one attached hydrogen (secondary N) is 1. The second kappa shape index (κ2) is 3.74. The van der Waals surface area contributed by atoms with Gasteiger partial charge in [-0.3, -0.25) is 0 Å². The lowest BCUT2D eigenvalue weighted by molar-refractivity contribution is 0.480. The Hall–Kier alpha value is -0.640. The second-order valence-electron chi connectivity index (χ2n) is 4.51. The van der Waals surface area contributed by atoms with Gasteiger partial charge in [-0.15, -0.1) is 0 Å². The topological polar surface area (TPSA) is 37.8 Å². The maximum atomic E-state index is 4.25. The number of rotatable bonds is 2. The average Bonchev–Trinajstić information content (AvgIpc) is 2.96. The van der Waals surface area contributed by atoms with Crippen LogP contribution >= 0.6 is 15.9 Å². The molecule has 80 valence electrons. The Bertz CT molecular complexity index is 339. The highest BCUT2D eigenvalue weighted by Gasteiger charge is 2.50. The van der Waals surface area contributed by atoms with Gasteiger partial charge in [0.25, 0.3) is 0 Å². The molecular weight excluding hydrogens is 254 g/mol. The van der Waals surface area contributed by atoms with Crippen molar-refractivity contribution in [3.8, 4) is 0 Å². The molecule has 1 aromatic heterocycles. The maximum Gasteiger partial charge on any atom is 0.222 e. The van der Waals surface area contributed by atoms with Gasteiger partial charge >= 0.3 is 0 Å². The molecule has 2 unspecified atom stereocenters. The minimum atomic E-state index is 0.647. The second-order valence-corrected chi connectivity index (χ2v) is 5.42. The smallest absolute Gasteiger partial charge is 0.222 e. The number of aromatic nitrogens is 2. The SMILES string of the molecule is Brc1cnc(NC2C3CCCCC32)nc1. The molecule has 15 heavy (non-hydrogen) atoms. The summed E-state index contributed by atoms with van der Waals surface area (Å²) in [6.45, 7) is 0. The van der Waals surface area contributed by atoms with E-state index >= 15 is 0 Å². The van der Waals surface area contributed by atoms with Gasteiger partial charge in [0.1, 0.15) is 0 Å². The standard InChI is InChI=1S/C11H14BrN3/c12-7-5-13-11(14-6-7)15-10-8-3-1-2-4-9(8)10/h5-6,8-10H,1-4H2,(H,13,14,15). The number of hydrogen-bond donors (Lipinski definition) is 1. The van der Waals surface area contributed by atoms with Gasteiger partial charge in [0.15, 0.2) is 0 Å². The zero-order valence-corrected chi connectivity index (χ0v) is 10.1. The van der Waals surface area contributed by atoms with Crippen molar-refractivity contribution in [1.82, 2.24) is 9.97 Å². The van der Waals surface area contributed by atoms with Crippen molar-refractivity contribution in [3.05, 3.63) is 16.9 Å². The first-order valence-corrected chi connectivity index (χ1v) is 6.38. The van der Waals surface area contributed by atoms with E-state index in [4.69, 9.17) is 0 Å². The Balaban J connectivity index is 1.64. The third kappa shape index (κ3) is 1.87. The number of nitrogens with zero attached hydrogens (tertiary/aromatic N) is 2. The Labute approximate surface area is 97.8 Å². The van der Waals surface area contributed by atoms with E-state index in [1.165, 1.54) is 25.7 Å². The van der Waals surface area contributed by atoms with E-state index < -0.39 is 0 Å². The van der Waals surface area contributed by atoms with Crippen LogP contribution in [-0.2, 0) is 0 Å². The molecule has 0 radical (unpaired) electrons. The summed E-state index contributed by atoms with van der Waals surface area (Å²) in [6.07, 6.45) is 9.17. The van der Waals surface area contributed by atoms with Crippen molar-refractivity contribution >= 4 is 21.9 Å². The van der Waals surface area contributed by atoms with Crippen LogP contribution < -0.4 is 5.32 Å². The van der Waals surface area contributed by atoms with Gasteiger partial charge in [-0.25, -0.2) is 9.97 Å². The predicted octanol–water partition coefficient (Wildman–Crippen LogP) is 2.84. The van der Waals surface area contributed by atoms with E-state index in [0.29, 0.717) is 6.04 Å². The van der Waals surface area contributed by atoms with Crippen LogP contribution in [0.1, 0.15) is 25.7 Å². The molecule has 1 heterocycles. The molecule has 0 amide bonds. The van der Waals surface area contributed by atoms with Gasteiger partial charge in [-0.05, 0) is 40.6 Å². The fourth-order valence-corrected chi connectivity index (χ4v) is 2.95. The molecule has 2 saturated carbocycles. The molecule has 0 aromatic carbocycles. The average molecular weight is 268 g/mol. The lowest BCUT2D eigenvalue weighted by atomic mass is 10.0. The van der Waals surface area contributed by atoms with Crippen molar-refractivity contribution in [2.24, 2.45) is 11.8 Å². The summed E-state index contributed by atoms with van der Waals surface area (Å²) >= 11 is 3.34. The van der Waals surface area contributed by atoms with Crippen molar-refractivity contribution in [3.63, 3.8) is 0 Å². The number of hydrogen-bond acceptors (Lipinski definition) is 3. The number of anilines is 1. The van der Waals surface area contributed by atoms with Crippen LogP contribution in [0.15, 0.2) is 16.9 Å². The van der Waals surface area contributed by atoms with Crippen LogP contribution in [0.4, 0.5) is 5.95 Å². The minimum Gasteiger partial charge on any atom is -0.351 e. The fourth-order valence-electron chi connectivity index (χ4n) is 2.74. The van der Waals surface area contributed by atoms with Gasteiger partial charge in [-0.2, -0.15) is 0 Å². The zero-order valence-electron chi connectivity index (χ0n) is 8.49. The summed E-state index contributed by atoms with van der Waals surface area (Å²) in [5.74, 6) is 2.56. The van der Waals surface area contributed by atoms with Crippen LogP contribution in [0, 0.1) is 11.8 Å². The van der Waals surface area contributed by atoms with Crippen LogP contribution in [0.3, 0.4) is 0 Å². The van der Waals surface area contributed by atoms with Crippen LogP contribution in [0.2, 0.25) is 0 Å². The molecule has 0 aliphatic heterocycles. The van der Waals surface area contributed by atoms with E-state index in [-0.39, 0.29) is 0 Å². The van der Waals surface area contributed by atoms with Gasteiger partial charge in [-0.1, -0.05) is 12.8 Å². The summed E-state index contributed by atoms with van der Waals surface area (Å²) in [7, 11) is 0. The highest BCUT2D eigenvalue weighted by atomic mass is 79.9. The molecule has 2 atom stereocenters. The minimum absolute atomic E-state index is 0.647. The van der Waals surface area contributed by atoms with Crippen molar-refractivity contribution in [2.75, 3.05) is 5.32 Å². The molecule has 2 aliphatic carbocycles. The van der Waals surface area contributed by atoms with Crippen molar-refractivity contribution in [1.29, 1.82) is 0 Å². The largest absolute Gasteiger partial charge is 0.351 e. The quantitative estimate of drug-likeness (QED) is 0.896. The van der Waals surface area contributed by atoms with Crippen LogP contribution in [-0.4, -0.2) is 16.0 Å². The first-order valence-electron chi connectivity index (χ1n) is 5.59. The summed E-state index contributed by atoms with van der Waals surface area (Å²) < 4.78 is 0.932. The van der Waals surface area contributed by atoms with Gasteiger partial charge < -0.3 is 5.32 Å². The lowest BCUT2D eigenvalue weighted by Crippen LogP contribution is -2.08. The first kappa shape index (κ1) is 9.58. The summed E-state index contributed by atoms with van der Waals surface area (Å²) in [5.41, 5.74) is 0. The molecule has 3 nitrogen and oxygen atoms in total. The summed E-state index contributed by atoms with van der Waals surface area (Å²) in [4.78, 5) is 8.49. The molecule has 0 saturated heterocycles. The van der Waals surface area contributed by atoms with E-state index in [1.807, 2.05) is 0 Å². The highest BCUT2D eigenvalue weighted by molar-refractivity contribution is 9.10. The Morgan fingerprint density at radius 3 is 2.33 bits per heavy atom. The van der Waals surface area contributed by atoms with Crippen LogP contribution in [0.5, 0.6) is 0 Å². The Morgan fingerprint density at radius 2 is 1.73 bits per heavy atom. The Kier molecular flexibility index (Phi) is 2.39. The summed E-state index contributed by atoms with van der Waals surface area (Å²) in [5, 5.41) is 3.44. The van der Waals surface area contributed by atoms with Crippen molar-refractivity contribution in [2.45, 2.75) is 31.7 Å². The molecule has 1 N–H and O–H groups in total. The number of fused-ring (bicyclic) bond motifs is 1. The van der Waals surface area contributed by atoms with E-state index in [1.54, 1.807) is 12.4 Å². The van der Waals surface area contributed by atoms with Gasteiger partial charge in [0.2, 0.25) is 5.95 Å². The predicted molar refractivity (Wildman–Crippen MR) is 62.6 cm³/mol. The normalized spacial score (nSPS) is 33.3.